The molecule has 1 amide bonds. The second kappa shape index (κ2) is 8.08. The summed E-state index contributed by atoms with van der Waals surface area (Å²) in [6.07, 6.45) is 4.03. The van der Waals surface area contributed by atoms with Crippen LogP contribution in [0.15, 0.2) is 43.1 Å². The molecule has 2 atom stereocenters. The molecule has 0 saturated heterocycles. The van der Waals surface area contributed by atoms with Crippen LogP contribution < -0.4 is 5.32 Å². The van der Waals surface area contributed by atoms with Crippen molar-refractivity contribution in [3.05, 3.63) is 77.3 Å². The Balaban J connectivity index is 1.69. The van der Waals surface area contributed by atoms with Gasteiger partial charge in [-0.05, 0) is 26.8 Å². The summed E-state index contributed by atoms with van der Waals surface area (Å²) in [4.78, 5) is 21.1. The van der Waals surface area contributed by atoms with Gasteiger partial charge in [0.1, 0.15) is 29.9 Å². The highest BCUT2D eigenvalue weighted by molar-refractivity contribution is 5.95. The van der Waals surface area contributed by atoms with Crippen LogP contribution in [0, 0.1) is 25.5 Å². The van der Waals surface area contributed by atoms with Crippen molar-refractivity contribution in [2.24, 2.45) is 0 Å². The second-order valence-electron chi connectivity index (χ2n) is 7.65. The van der Waals surface area contributed by atoms with Gasteiger partial charge < -0.3 is 10.4 Å². The number of hydrogen-bond acceptors (Lipinski definition) is 6. The highest BCUT2D eigenvalue weighted by Gasteiger charge is 2.40. The monoisotopic (exact) mass is 441 g/mol. The van der Waals surface area contributed by atoms with Crippen LogP contribution in [0.1, 0.15) is 34.2 Å². The molecular formula is C21H21F2N7O2. The van der Waals surface area contributed by atoms with E-state index in [-0.39, 0.29) is 17.7 Å². The van der Waals surface area contributed by atoms with E-state index in [2.05, 4.69) is 25.5 Å². The number of aromatic nitrogens is 6. The first-order valence-electron chi connectivity index (χ1n) is 9.82. The van der Waals surface area contributed by atoms with Crippen molar-refractivity contribution in [3.63, 3.8) is 0 Å². The predicted molar refractivity (Wildman–Crippen MR) is 110 cm³/mol. The second-order valence-corrected chi connectivity index (χ2v) is 7.65. The number of hydrogen-bond donors (Lipinski definition) is 2. The summed E-state index contributed by atoms with van der Waals surface area (Å²) >= 11 is 0. The summed E-state index contributed by atoms with van der Waals surface area (Å²) < 4.78 is 31.0. The van der Waals surface area contributed by atoms with Crippen LogP contribution in [-0.4, -0.2) is 46.4 Å². The summed E-state index contributed by atoms with van der Waals surface area (Å²) in [5.41, 5.74) is 0.00148. The van der Waals surface area contributed by atoms with Crippen molar-refractivity contribution in [2.75, 3.05) is 0 Å². The number of benzene rings is 1. The van der Waals surface area contributed by atoms with Gasteiger partial charge in [0.2, 0.25) is 0 Å². The Labute approximate surface area is 181 Å². The number of carbonyl (C=O) groups is 1. The Morgan fingerprint density at radius 2 is 2.06 bits per heavy atom. The standard InChI is InChI=1S/C21H21F2N7O2/c1-12-6-19-25-8-16(13(2)30(19)28-12)20(31)27-14(3)21(32,9-29-11-24-10-26-29)17-5-4-15(22)7-18(17)23/h4-8,10-11,14,32H,9H2,1-3H3,(H,27,31)/t14-,21+/m0/s1. The van der Waals surface area contributed by atoms with Gasteiger partial charge >= 0.3 is 0 Å². The molecule has 3 heterocycles. The number of nitrogens with one attached hydrogen (secondary N) is 1. The van der Waals surface area contributed by atoms with Crippen LogP contribution in [-0.2, 0) is 12.1 Å². The fraction of sp³-hybridized carbons (Fsp3) is 0.286. The minimum atomic E-state index is -1.96. The van der Waals surface area contributed by atoms with E-state index in [4.69, 9.17) is 0 Å². The largest absolute Gasteiger partial charge is 0.381 e. The number of amides is 1. The summed E-state index contributed by atoms with van der Waals surface area (Å²) in [5.74, 6) is -2.26. The van der Waals surface area contributed by atoms with Crippen molar-refractivity contribution in [1.82, 2.24) is 34.7 Å². The molecule has 4 rings (SSSR count). The summed E-state index contributed by atoms with van der Waals surface area (Å²) in [6, 6.07) is 3.65. The fourth-order valence-corrected chi connectivity index (χ4v) is 3.64. The van der Waals surface area contributed by atoms with Gasteiger partial charge in [-0.2, -0.15) is 10.2 Å². The molecule has 2 N–H and O–H groups in total. The average molecular weight is 441 g/mol. The lowest BCUT2D eigenvalue weighted by Gasteiger charge is -2.35. The Kier molecular flexibility index (Phi) is 5.43. The Bertz CT molecular complexity index is 1290. The lowest BCUT2D eigenvalue weighted by molar-refractivity contribution is -0.0186. The number of rotatable bonds is 6. The van der Waals surface area contributed by atoms with Crippen molar-refractivity contribution in [1.29, 1.82) is 0 Å². The molecule has 3 aromatic heterocycles. The number of halogens is 2. The van der Waals surface area contributed by atoms with Crippen LogP contribution in [0.2, 0.25) is 0 Å². The molecule has 0 unspecified atom stereocenters. The highest BCUT2D eigenvalue weighted by Crippen LogP contribution is 2.30. The van der Waals surface area contributed by atoms with Gasteiger partial charge in [0, 0.05) is 23.9 Å². The molecule has 0 saturated carbocycles. The maximum Gasteiger partial charge on any atom is 0.255 e. The minimum Gasteiger partial charge on any atom is -0.381 e. The molecule has 0 fully saturated rings. The molecule has 11 heteroatoms. The van der Waals surface area contributed by atoms with Gasteiger partial charge in [0.25, 0.3) is 5.91 Å². The molecule has 166 valence electrons. The van der Waals surface area contributed by atoms with Gasteiger partial charge in [0.15, 0.2) is 5.65 Å². The van der Waals surface area contributed by atoms with Crippen molar-refractivity contribution in [3.8, 4) is 0 Å². The molecule has 0 bridgehead atoms. The molecule has 0 spiro atoms. The van der Waals surface area contributed by atoms with E-state index in [9.17, 15) is 18.7 Å². The zero-order valence-electron chi connectivity index (χ0n) is 17.6. The van der Waals surface area contributed by atoms with Gasteiger partial charge in [-0.15, -0.1) is 0 Å². The Morgan fingerprint density at radius 3 is 2.75 bits per heavy atom. The quantitative estimate of drug-likeness (QED) is 0.473. The molecule has 9 nitrogen and oxygen atoms in total. The fourth-order valence-electron chi connectivity index (χ4n) is 3.64. The first-order chi connectivity index (χ1) is 15.2. The third-order valence-electron chi connectivity index (χ3n) is 5.42. The zero-order valence-corrected chi connectivity index (χ0v) is 17.6. The zero-order chi connectivity index (χ0) is 23.0. The van der Waals surface area contributed by atoms with E-state index in [0.717, 1.165) is 17.8 Å². The average Bonchev–Trinajstić information content (AvgIpc) is 3.37. The van der Waals surface area contributed by atoms with Gasteiger partial charge in [0.05, 0.1) is 29.5 Å². The van der Waals surface area contributed by atoms with Crippen molar-refractivity contribution in [2.45, 2.75) is 39.0 Å². The van der Waals surface area contributed by atoms with Gasteiger partial charge in [-0.3, -0.25) is 4.79 Å². The van der Waals surface area contributed by atoms with Gasteiger partial charge in [-0.25, -0.2) is 27.9 Å². The molecule has 0 aliphatic heterocycles. The first-order valence-corrected chi connectivity index (χ1v) is 9.82. The maximum absolute atomic E-state index is 14.7. The lowest BCUT2D eigenvalue weighted by Crippen LogP contribution is -2.52. The predicted octanol–water partition coefficient (Wildman–Crippen LogP) is 1.92. The van der Waals surface area contributed by atoms with Gasteiger partial charge in [-0.1, -0.05) is 6.07 Å². The van der Waals surface area contributed by atoms with E-state index in [1.807, 2.05) is 6.92 Å². The van der Waals surface area contributed by atoms with E-state index in [1.165, 1.54) is 30.5 Å². The third-order valence-corrected chi connectivity index (χ3v) is 5.42. The minimum absolute atomic E-state index is 0.185. The van der Waals surface area contributed by atoms with Crippen LogP contribution >= 0.6 is 0 Å². The van der Waals surface area contributed by atoms with E-state index < -0.39 is 29.2 Å². The number of carbonyl (C=O) groups excluding carboxylic acids is 1. The van der Waals surface area contributed by atoms with E-state index >= 15 is 0 Å². The molecule has 0 radical (unpaired) electrons. The van der Waals surface area contributed by atoms with E-state index in [0.29, 0.717) is 17.4 Å². The SMILES string of the molecule is Cc1cc2ncc(C(=O)N[C@@H](C)[C@](O)(Cn3cncn3)c3ccc(F)cc3F)c(C)n2n1. The maximum atomic E-state index is 14.7. The van der Waals surface area contributed by atoms with Crippen LogP contribution in [0.5, 0.6) is 0 Å². The van der Waals surface area contributed by atoms with Crippen molar-refractivity contribution < 1.29 is 18.7 Å². The van der Waals surface area contributed by atoms with Crippen LogP contribution in [0.3, 0.4) is 0 Å². The Hall–Kier alpha value is -3.73. The number of fused-ring (bicyclic) bond motifs is 1. The number of nitrogens with zero attached hydrogens (tertiary/aromatic N) is 6. The number of aryl methyl sites for hydroxylation is 2. The smallest absolute Gasteiger partial charge is 0.255 e. The highest BCUT2D eigenvalue weighted by atomic mass is 19.1. The molecule has 0 aliphatic rings. The number of aliphatic hydroxyl groups is 1. The topological polar surface area (TPSA) is 110 Å². The summed E-state index contributed by atoms with van der Waals surface area (Å²) in [5, 5.41) is 22.5. The van der Waals surface area contributed by atoms with Crippen molar-refractivity contribution >= 4 is 11.6 Å². The molecule has 32 heavy (non-hydrogen) atoms. The van der Waals surface area contributed by atoms with Crippen LogP contribution in [0.4, 0.5) is 8.78 Å². The summed E-state index contributed by atoms with van der Waals surface area (Å²) in [7, 11) is 0. The molecular weight excluding hydrogens is 420 g/mol. The molecule has 1 aromatic carbocycles. The lowest BCUT2D eigenvalue weighted by atomic mass is 9.86. The molecule has 4 aromatic rings. The first kappa shape index (κ1) is 21.5. The Morgan fingerprint density at radius 1 is 1.28 bits per heavy atom. The molecule has 0 aliphatic carbocycles. The summed E-state index contributed by atoms with van der Waals surface area (Å²) in [6.45, 7) is 4.84. The van der Waals surface area contributed by atoms with Crippen LogP contribution in [0.25, 0.3) is 5.65 Å². The third kappa shape index (κ3) is 3.82. The normalized spacial score (nSPS) is 14.3. The van der Waals surface area contributed by atoms with E-state index in [1.54, 1.807) is 17.5 Å².